The van der Waals surface area contributed by atoms with E-state index in [0.29, 0.717) is 19.4 Å². The molecule has 0 aliphatic rings. The van der Waals surface area contributed by atoms with Gasteiger partial charge in [-0.15, -0.1) is 0 Å². The summed E-state index contributed by atoms with van der Waals surface area (Å²) >= 11 is 0. The van der Waals surface area contributed by atoms with E-state index in [-0.39, 0.29) is 24.3 Å². The number of unbranched alkanes of at least 4 members (excludes halogenated alkanes) is 20. The summed E-state index contributed by atoms with van der Waals surface area (Å²) in [7, 11) is 0. The third kappa shape index (κ3) is 26.5. The molecule has 44 heavy (non-hydrogen) atoms. The summed E-state index contributed by atoms with van der Waals surface area (Å²) in [4.78, 5) is 31.6. The second kappa shape index (κ2) is 31.1. The van der Waals surface area contributed by atoms with Gasteiger partial charge in [-0.05, 0) is 25.7 Å². The fraction of sp³-hybridized carbons (Fsp3) is 0.914. The van der Waals surface area contributed by atoms with Crippen LogP contribution in [0, 0.1) is 0 Å². The number of nitrogens with one attached hydrogen (secondary N) is 1. The maximum Gasteiger partial charge on any atom is 0.241 e. The number of nitrogens with two attached hydrogens (primary N) is 4. The number of carbonyl (C=O) groups excluding carboxylic acids is 2. The molecule has 0 aliphatic heterocycles. The van der Waals surface area contributed by atoms with Crippen molar-refractivity contribution in [1.82, 2.24) is 10.2 Å². The molecule has 0 aromatic heterocycles. The van der Waals surface area contributed by atoms with Gasteiger partial charge in [-0.25, -0.2) is 0 Å². The Morgan fingerprint density at radius 3 is 1.36 bits per heavy atom. The molecular formula is C35H73N7O2. The monoisotopic (exact) mass is 624 g/mol. The summed E-state index contributed by atoms with van der Waals surface area (Å²) in [6.07, 6.45) is 29.2. The molecule has 0 aromatic carbocycles. The van der Waals surface area contributed by atoms with Gasteiger partial charge in [0, 0.05) is 26.2 Å². The molecule has 0 heterocycles. The molecule has 0 bridgehead atoms. The van der Waals surface area contributed by atoms with Gasteiger partial charge in [0.25, 0.3) is 0 Å². The largest absolute Gasteiger partial charge is 0.370 e. The van der Waals surface area contributed by atoms with Crippen LogP contribution in [0.15, 0.2) is 4.99 Å². The van der Waals surface area contributed by atoms with E-state index in [1.54, 1.807) is 0 Å². The standard InChI is InChI=1S/C35H73N7O2/c1-3-5-7-9-11-13-15-16-18-20-22-24-29-42(28-23-21-19-17-14-12-10-8-6-4-2)34(44)32(37)30-41-33(43)31(36)26-25-27-40-35(38)39/h31-32H,3-30,36-37H2,1-2H3,(H,41,43)(H4,38,39,40)/t31-,32?/m0/s1. The van der Waals surface area contributed by atoms with Crippen molar-refractivity contribution in [1.29, 1.82) is 0 Å². The number of rotatable bonds is 32. The third-order valence-electron chi connectivity index (χ3n) is 8.49. The number of nitrogens with zero attached hydrogens (tertiary/aromatic N) is 2. The van der Waals surface area contributed by atoms with Crippen LogP contribution in [0.5, 0.6) is 0 Å². The average Bonchev–Trinajstić information content (AvgIpc) is 3.01. The number of guanidine groups is 1. The highest BCUT2D eigenvalue weighted by Gasteiger charge is 2.22. The highest BCUT2D eigenvalue weighted by atomic mass is 16.2. The summed E-state index contributed by atoms with van der Waals surface area (Å²) < 4.78 is 0. The number of amides is 2. The van der Waals surface area contributed by atoms with Crippen molar-refractivity contribution in [3.05, 3.63) is 0 Å². The maximum atomic E-state index is 13.3. The lowest BCUT2D eigenvalue weighted by molar-refractivity contribution is -0.133. The third-order valence-corrected chi connectivity index (χ3v) is 8.49. The Morgan fingerprint density at radius 1 is 0.591 bits per heavy atom. The van der Waals surface area contributed by atoms with Gasteiger partial charge in [-0.2, -0.15) is 0 Å². The van der Waals surface area contributed by atoms with Crippen molar-refractivity contribution in [2.75, 3.05) is 26.2 Å². The molecular weight excluding hydrogens is 550 g/mol. The fourth-order valence-electron chi connectivity index (χ4n) is 5.58. The van der Waals surface area contributed by atoms with Crippen LogP contribution < -0.4 is 28.3 Å². The zero-order valence-corrected chi connectivity index (χ0v) is 29.0. The summed E-state index contributed by atoms with van der Waals surface area (Å²) in [5, 5.41) is 2.77. The van der Waals surface area contributed by atoms with Gasteiger partial charge >= 0.3 is 0 Å². The lowest BCUT2D eigenvalue weighted by Crippen LogP contribution is -2.52. The lowest BCUT2D eigenvalue weighted by Gasteiger charge is -2.26. The van der Waals surface area contributed by atoms with Gasteiger partial charge in [-0.1, -0.05) is 142 Å². The van der Waals surface area contributed by atoms with E-state index in [9.17, 15) is 9.59 Å². The zero-order chi connectivity index (χ0) is 32.7. The van der Waals surface area contributed by atoms with Gasteiger partial charge in [0.15, 0.2) is 5.96 Å². The minimum Gasteiger partial charge on any atom is -0.370 e. The predicted molar refractivity (Wildman–Crippen MR) is 188 cm³/mol. The molecule has 0 radical (unpaired) electrons. The Kier molecular flexibility index (Phi) is 29.8. The van der Waals surface area contributed by atoms with Crippen LogP contribution in [0.25, 0.3) is 0 Å². The minimum absolute atomic E-state index is 0.0263. The van der Waals surface area contributed by atoms with E-state index >= 15 is 0 Å². The zero-order valence-electron chi connectivity index (χ0n) is 29.0. The van der Waals surface area contributed by atoms with Crippen LogP contribution >= 0.6 is 0 Å². The van der Waals surface area contributed by atoms with Gasteiger partial charge in [-0.3, -0.25) is 14.6 Å². The number of hydrogen-bond donors (Lipinski definition) is 5. The van der Waals surface area contributed by atoms with Crippen molar-refractivity contribution in [3.63, 3.8) is 0 Å². The Balaban J connectivity index is 4.48. The minimum atomic E-state index is -0.770. The fourth-order valence-corrected chi connectivity index (χ4v) is 5.58. The summed E-state index contributed by atoms with van der Waals surface area (Å²) in [5.41, 5.74) is 22.9. The van der Waals surface area contributed by atoms with E-state index in [1.807, 2.05) is 4.90 Å². The second-order valence-electron chi connectivity index (χ2n) is 12.8. The van der Waals surface area contributed by atoms with Crippen molar-refractivity contribution in [2.24, 2.45) is 27.9 Å². The van der Waals surface area contributed by atoms with Crippen LogP contribution in [0.2, 0.25) is 0 Å². The molecule has 0 saturated carbocycles. The van der Waals surface area contributed by atoms with E-state index < -0.39 is 12.1 Å². The Hall–Kier alpha value is -1.87. The van der Waals surface area contributed by atoms with Crippen LogP contribution in [0.3, 0.4) is 0 Å². The molecule has 9 N–H and O–H groups in total. The van der Waals surface area contributed by atoms with Gasteiger partial charge in [0.2, 0.25) is 11.8 Å². The van der Waals surface area contributed by atoms with E-state index in [2.05, 4.69) is 24.2 Å². The second-order valence-corrected chi connectivity index (χ2v) is 12.8. The molecule has 0 spiro atoms. The molecule has 9 nitrogen and oxygen atoms in total. The molecule has 9 heteroatoms. The Bertz CT molecular complexity index is 701. The Morgan fingerprint density at radius 2 is 0.977 bits per heavy atom. The van der Waals surface area contributed by atoms with Gasteiger partial charge < -0.3 is 33.2 Å². The highest BCUT2D eigenvalue weighted by molar-refractivity contribution is 5.85. The maximum absolute atomic E-state index is 13.3. The first-order chi connectivity index (χ1) is 21.3. The quantitative estimate of drug-likeness (QED) is 0.0337. The first-order valence-corrected chi connectivity index (χ1v) is 18.5. The first kappa shape index (κ1) is 42.1. The molecule has 0 aliphatic carbocycles. The SMILES string of the molecule is CCCCCCCCCCCCCCN(CCCCCCCCCCCC)C(=O)C(N)CNC(=O)[C@@H](N)CCCN=C(N)N. The number of aliphatic imine (C=N–C) groups is 1. The van der Waals surface area contributed by atoms with Crippen LogP contribution in [-0.4, -0.2) is 60.9 Å². The normalized spacial score (nSPS) is 12.5. The van der Waals surface area contributed by atoms with Crippen molar-refractivity contribution >= 4 is 17.8 Å². The summed E-state index contributed by atoms with van der Waals surface area (Å²) in [6.45, 7) is 6.51. The first-order valence-electron chi connectivity index (χ1n) is 18.5. The molecule has 1 unspecified atom stereocenters. The lowest BCUT2D eigenvalue weighted by atomic mass is 10.0. The summed E-state index contributed by atoms with van der Waals surface area (Å²) in [5.74, 6) is -0.357. The van der Waals surface area contributed by atoms with Crippen molar-refractivity contribution < 1.29 is 9.59 Å². The summed E-state index contributed by atoms with van der Waals surface area (Å²) in [6, 6.07) is -1.46. The van der Waals surface area contributed by atoms with Crippen LogP contribution in [0.1, 0.15) is 168 Å². The molecule has 0 saturated heterocycles. The molecule has 0 aromatic rings. The molecule has 260 valence electrons. The number of hydrogen-bond acceptors (Lipinski definition) is 5. The number of carbonyl (C=O) groups is 2. The molecule has 2 amide bonds. The van der Waals surface area contributed by atoms with E-state index in [4.69, 9.17) is 22.9 Å². The topological polar surface area (TPSA) is 166 Å². The highest BCUT2D eigenvalue weighted by Crippen LogP contribution is 2.14. The van der Waals surface area contributed by atoms with Gasteiger partial charge in [0.1, 0.15) is 6.04 Å². The molecule has 2 atom stereocenters. The van der Waals surface area contributed by atoms with Gasteiger partial charge in [0.05, 0.1) is 6.04 Å². The van der Waals surface area contributed by atoms with Crippen molar-refractivity contribution in [3.8, 4) is 0 Å². The van der Waals surface area contributed by atoms with E-state index in [1.165, 1.54) is 116 Å². The molecule has 0 fully saturated rings. The van der Waals surface area contributed by atoms with Crippen LogP contribution in [0.4, 0.5) is 0 Å². The average molecular weight is 624 g/mol. The van der Waals surface area contributed by atoms with E-state index in [0.717, 1.165) is 38.8 Å². The Labute approximate surface area is 271 Å². The van der Waals surface area contributed by atoms with Crippen molar-refractivity contribution in [2.45, 2.75) is 180 Å². The predicted octanol–water partition coefficient (Wildman–Crippen LogP) is 6.26. The molecule has 0 rings (SSSR count). The smallest absolute Gasteiger partial charge is 0.241 e. The van der Waals surface area contributed by atoms with Crippen LogP contribution in [-0.2, 0) is 9.59 Å².